The third-order valence-corrected chi connectivity index (χ3v) is 12.0. The van der Waals surface area contributed by atoms with E-state index < -0.39 is 53.6 Å². The van der Waals surface area contributed by atoms with Gasteiger partial charge in [0.2, 0.25) is 0 Å². The van der Waals surface area contributed by atoms with Crippen LogP contribution in [0.2, 0.25) is 0 Å². The Hall–Kier alpha value is -8.11. The number of carbonyl (C=O) groups is 2. The fourth-order valence-corrected chi connectivity index (χ4v) is 8.51. The van der Waals surface area contributed by atoms with Crippen molar-refractivity contribution in [1.29, 1.82) is 0 Å². The molecule has 68 heavy (non-hydrogen) atoms. The summed E-state index contributed by atoms with van der Waals surface area (Å²) in [4.78, 5) is 71.6. The number of nitro groups is 4. The predicted molar refractivity (Wildman–Crippen MR) is 262 cm³/mol. The number of aromatic nitrogens is 2. The molecule has 1 fully saturated rings. The van der Waals surface area contributed by atoms with Crippen molar-refractivity contribution in [3.8, 4) is 21.1 Å². The second-order valence-electron chi connectivity index (χ2n) is 14.7. The third kappa shape index (κ3) is 12.8. The van der Waals surface area contributed by atoms with Gasteiger partial charge in [-0.15, -0.1) is 22.7 Å². The Bertz CT molecular complexity index is 3190. The van der Waals surface area contributed by atoms with E-state index in [1.54, 1.807) is 34.8 Å². The molecule has 22 heteroatoms. The third-order valence-electron chi connectivity index (χ3n) is 9.69. The minimum absolute atomic E-state index is 0.0529. The summed E-state index contributed by atoms with van der Waals surface area (Å²) in [6.07, 6.45) is 2.56. The molecule has 3 heterocycles. The molecule has 19 nitrogen and oxygen atoms in total. The molecule has 0 atom stereocenters. The number of aryl methyl sites for hydroxylation is 2. The Balaban J connectivity index is 0.000000172. The minimum Gasteiger partial charge on any atom is -0.399 e. The van der Waals surface area contributed by atoms with E-state index in [9.17, 15) is 50.0 Å². The maximum absolute atomic E-state index is 12.5. The van der Waals surface area contributed by atoms with Crippen LogP contribution in [0.4, 0.5) is 34.1 Å². The lowest BCUT2D eigenvalue weighted by molar-refractivity contribution is -0.422. The number of hydrogen-bond acceptors (Lipinski definition) is 16. The smallest absolute Gasteiger partial charge is 0.346 e. The van der Waals surface area contributed by atoms with Crippen molar-refractivity contribution in [2.45, 2.75) is 26.7 Å². The molecule has 1 saturated heterocycles. The second-order valence-corrected chi connectivity index (χ2v) is 17.1. The number of thiazole rings is 2. The van der Waals surface area contributed by atoms with Crippen molar-refractivity contribution in [2.24, 2.45) is 0 Å². The molecule has 3 N–H and O–H groups in total. The summed E-state index contributed by atoms with van der Waals surface area (Å²) in [6.45, 7) is 6.12. The van der Waals surface area contributed by atoms with Crippen LogP contribution in [0, 0.1) is 54.3 Å². The first-order valence-corrected chi connectivity index (χ1v) is 22.1. The number of halogens is 1. The number of hydrogen-bond donors (Lipinski definition) is 2. The van der Waals surface area contributed by atoms with Gasteiger partial charge in [0.25, 0.3) is 11.1 Å². The lowest BCUT2D eigenvalue weighted by atomic mass is 10.1. The SMILES string of the molecule is C1CCOC1.Cc1ccc2nc(-c3ccc(N)cc3)sc2c1.Cc1ccc2nc(-c3ccc(NC(=O)c4ccc([N+](=O)[O-])c([N+](=O)[O-])c4)cc3)sc2c1.O=C(Cl)c1ccc([N+](=O)[O-])c([N+](=O)[O-])c1. The van der Waals surface area contributed by atoms with Gasteiger partial charge < -0.3 is 15.8 Å². The van der Waals surface area contributed by atoms with Crippen LogP contribution in [0.15, 0.2) is 121 Å². The van der Waals surface area contributed by atoms with Gasteiger partial charge in [0, 0.05) is 71.1 Å². The van der Waals surface area contributed by atoms with Crippen LogP contribution in [0.1, 0.15) is 44.7 Å². The number of ether oxygens (including phenoxy) is 1. The number of nitrogens with zero attached hydrogens (tertiary/aromatic N) is 6. The van der Waals surface area contributed by atoms with Crippen LogP contribution in [0.25, 0.3) is 41.6 Å². The zero-order chi connectivity index (χ0) is 49.1. The van der Waals surface area contributed by atoms with Gasteiger partial charge in [-0.3, -0.25) is 50.0 Å². The monoisotopic (exact) mass is 976 g/mol. The molecule has 0 spiro atoms. The number of nitro benzene ring substituents is 4. The van der Waals surface area contributed by atoms with Crippen molar-refractivity contribution in [1.82, 2.24) is 9.97 Å². The molecule has 9 rings (SSSR count). The summed E-state index contributed by atoms with van der Waals surface area (Å²) in [5.41, 5.74) is 10.3. The molecule has 8 aromatic rings. The topological polar surface area (TPSA) is 280 Å². The summed E-state index contributed by atoms with van der Waals surface area (Å²) < 4.78 is 7.27. The molecule has 0 radical (unpaired) electrons. The molecular weight excluding hydrogens is 940 g/mol. The highest BCUT2D eigenvalue weighted by atomic mass is 35.5. The number of anilines is 2. The molecule has 1 amide bonds. The van der Waals surface area contributed by atoms with Gasteiger partial charge in [0.05, 0.1) is 40.1 Å². The molecule has 1 aliphatic heterocycles. The van der Waals surface area contributed by atoms with Crippen LogP contribution in [-0.2, 0) is 4.74 Å². The van der Waals surface area contributed by atoms with Gasteiger partial charge >= 0.3 is 22.7 Å². The number of carbonyl (C=O) groups excluding carboxylic acids is 2. The molecule has 0 unspecified atom stereocenters. The van der Waals surface area contributed by atoms with E-state index >= 15 is 0 Å². The van der Waals surface area contributed by atoms with Gasteiger partial charge in [-0.25, -0.2) is 9.97 Å². The summed E-state index contributed by atoms with van der Waals surface area (Å²) in [6, 6.07) is 33.0. The fraction of sp³-hybridized carbons (Fsp3) is 0.130. The fourth-order valence-electron chi connectivity index (χ4n) is 6.26. The number of nitrogens with one attached hydrogen (secondary N) is 1. The largest absolute Gasteiger partial charge is 0.399 e. The normalized spacial score (nSPS) is 11.5. The van der Waals surface area contributed by atoms with Crippen LogP contribution >= 0.6 is 34.3 Å². The number of rotatable bonds is 9. The number of nitrogen functional groups attached to an aromatic ring is 1. The summed E-state index contributed by atoms with van der Waals surface area (Å²) >= 11 is 8.37. The van der Waals surface area contributed by atoms with E-state index in [1.165, 1.54) is 29.2 Å². The van der Waals surface area contributed by atoms with Crippen LogP contribution < -0.4 is 11.1 Å². The zero-order valence-corrected chi connectivity index (χ0v) is 38.2. The Morgan fingerprint density at radius 2 is 1.01 bits per heavy atom. The van der Waals surface area contributed by atoms with Crippen molar-refractivity contribution >= 4 is 100.0 Å². The Morgan fingerprint density at radius 3 is 1.43 bits per heavy atom. The van der Waals surface area contributed by atoms with Crippen LogP contribution in [0.3, 0.4) is 0 Å². The van der Waals surface area contributed by atoms with Gasteiger partial charge in [0.1, 0.15) is 10.0 Å². The Morgan fingerprint density at radius 1 is 0.588 bits per heavy atom. The van der Waals surface area contributed by atoms with Gasteiger partial charge in [-0.1, -0.05) is 12.1 Å². The van der Waals surface area contributed by atoms with Crippen LogP contribution in [0.5, 0.6) is 0 Å². The Kier molecular flexibility index (Phi) is 16.2. The highest BCUT2D eigenvalue weighted by Crippen LogP contribution is 2.34. The first-order chi connectivity index (χ1) is 32.5. The molecule has 1 aliphatic rings. The number of amides is 1. The zero-order valence-electron chi connectivity index (χ0n) is 35.8. The van der Waals surface area contributed by atoms with Crippen molar-refractivity contribution in [3.05, 3.63) is 184 Å². The van der Waals surface area contributed by atoms with E-state index in [2.05, 4.69) is 46.5 Å². The molecule has 0 bridgehead atoms. The number of benzene rings is 6. The highest BCUT2D eigenvalue weighted by Gasteiger charge is 2.27. The first kappa shape index (κ1) is 49.3. The van der Waals surface area contributed by atoms with Crippen molar-refractivity contribution < 1.29 is 34.0 Å². The van der Waals surface area contributed by atoms with Crippen molar-refractivity contribution in [3.63, 3.8) is 0 Å². The van der Waals surface area contributed by atoms with Crippen molar-refractivity contribution in [2.75, 3.05) is 24.3 Å². The lowest BCUT2D eigenvalue weighted by Gasteiger charge is -2.06. The van der Waals surface area contributed by atoms with Crippen LogP contribution in [-0.4, -0.2) is 54.0 Å². The average molecular weight is 977 g/mol. The quantitative estimate of drug-likeness (QED) is 0.0589. The lowest BCUT2D eigenvalue weighted by Crippen LogP contribution is -2.12. The average Bonchev–Trinajstić information content (AvgIpc) is 4.12. The minimum atomic E-state index is -0.943. The molecule has 346 valence electrons. The summed E-state index contributed by atoms with van der Waals surface area (Å²) in [5, 5.41) is 46.5. The van der Waals surface area contributed by atoms with E-state index in [0.717, 1.165) is 91.7 Å². The predicted octanol–water partition coefficient (Wildman–Crippen LogP) is 11.9. The standard InChI is InChI=1S/C21H14N4O5S.C14H12N2S.C7H3ClN2O5.C4H8O/c1-12-2-8-16-19(10-12)31-21(23-16)13-3-6-15(7-4-13)22-20(26)14-5-9-17(24(27)28)18(11-14)25(29)30;1-9-2-7-12-13(8-9)17-14(16-12)10-3-5-11(15)6-4-10;8-7(11)4-1-2-5(9(12)13)6(3-4)10(14)15;1-2-4-5-3-1/h2-11H,1H3,(H,22,26);2-8H,15H2,1H3;1-3H;1-4H2. The summed E-state index contributed by atoms with van der Waals surface area (Å²) in [5.74, 6) is -0.610. The van der Waals surface area contributed by atoms with Gasteiger partial charge in [-0.05, 0) is 134 Å². The molecule has 0 aliphatic carbocycles. The van der Waals surface area contributed by atoms with Gasteiger partial charge in [-0.2, -0.15) is 0 Å². The molecule has 2 aromatic heterocycles. The maximum Gasteiger partial charge on any atom is 0.346 e. The highest BCUT2D eigenvalue weighted by molar-refractivity contribution is 7.22. The van der Waals surface area contributed by atoms with Gasteiger partial charge in [0.15, 0.2) is 0 Å². The van der Waals surface area contributed by atoms with E-state index in [0.29, 0.717) is 5.69 Å². The summed E-state index contributed by atoms with van der Waals surface area (Å²) in [7, 11) is 0. The molecule has 0 saturated carbocycles. The molecular formula is C46H37ClN8O11S2. The number of nitrogens with two attached hydrogens (primary N) is 1. The maximum atomic E-state index is 12.5. The van der Waals surface area contributed by atoms with E-state index in [4.69, 9.17) is 22.1 Å². The second kappa shape index (κ2) is 22.4. The Labute approximate surface area is 398 Å². The van der Waals surface area contributed by atoms with E-state index in [-0.39, 0.29) is 11.1 Å². The number of fused-ring (bicyclic) bond motifs is 2. The van der Waals surface area contributed by atoms with E-state index in [1.807, 2.05) is 55.5 Å². The first-order valence-electron chi connectivity index (χ1n) is 20.1. The molecule has 6 aromatic carbocycles.